The van der Waals surface area contributed by atoms with Crippen LogP contribution in [0, 0.1) is 0 Å². The van der Waals surface area contributed by atoms with Crippen LogP contribution in [0.2, 0.25) is 0 Å². The van der Waals surface area contributed by atoms with Crippen molar-refractivity contribution >= 4 is 0 Å². The predicted molar refractivity (Wildman–Crippen MR) is 138 cm³/mol. The van der Waals surface area contributed by atoms with Crippen molar-refractivity contribution in [1.82, 2.24) is 0 Å². The van der Waals surface area contributed by atoms with Gasteiger partial charge in [-0.3, -0.25) is 0 Å². The number of ether oxygens (including phenoxy) is 4. The Morgan fingerprint density at radius 1 is 0.559 bits per heavy atom. The Kier molecular flexibility index (Phi) is 20.6. The van der Waals surface area contributed by atoms with Crippen LogP contribution in [0.4, 0.5) is 0 Å². The summed E-state index contributed by atoms with van der Waals surface area (Å²) in [7, 11) is 0. The molecule has 6 heteroatoms. The lowest BCUT2D eigenvalue weighted by Gasteiger charge is -2.43. The minimum Gasteiger partial charge on any atom is -0.394 e. The highest BCUT2D eigenvalue weighted by molar-refractivity contribution is 4.91. The maximum Gasteiger partial charge on any atom is 0.186 e. The smallest absolute Gasteiger partial charge is 0.186 e. The summed E-state index contributed by atoms with van der Waals surface area (Å²) in [6.07, 6.45) is 15.4. The van der Waals surface area contributed by atoms with E-state index in [4.69, 9.17) is 18.9 Å². The predicted octanol–water partition coefficient (Wildman–Crippen LogP) is 6.15. The summed E-state index contributed by atoms with van der Waals surface area (Å²) in [4.78, 5) is 0. The van der Waals surface area contributed by atoms with Gasteiger partial charge in [-0.05, 0) is 19.3 Å². The molecule has 1 aliphatic heterocycles. The monoisotopic (exact) mass is 488 g/mol. The van der Waals surface area contributed by atoms with Gasteiger partial charge in [0.15, 0.2) is 6.29 Å². The zero-order valence-electron chi connectivity index (χ0n) is 22.6. The summed E-state index contributed by atoms with van der Waals surface area (Å²) >= 11 is 0. The number of hydrogen-bond donors (Lipinski definition) is 2. The summed E-state index contributed by atoms with van der Waals surface area (Å²) in [5.41, 5.74) is 0. The molecule has 0 aromatic rings. The molecule has 5 atom stereocenters. The van der Waals surface area contributed by atoms with E-state index in [0.717, 1.165) is 38.5 Å². The number of unbranched alkanes of at least 4 members (excludes halogenated alkanes) is 13. The number of hydrogen-bond acceptors (Lipinski definition) is 6. The van der Waals surface area contributed by atoms with Crippen molar-refractivity contribution in [3.8, 4) is 0 Å². The molecule has 1 saturated heterocycles. The maximum absolute atomic E-state index is 10.9. The van der Waals surface area contributed by atoms with Crippen LogP contribution in [0.3, 0.4) is 0 Å². The minimum absolute atomic E-state index is 0.266. The van der Waals surface area contributed by atoms with E-state index in [1.54, 1.807) is 0 Å². The molecule has 0 aromatic carbocycles. The summed E-state index contributed by atoms with van der Waals surface area (Å²) in [6, 6.07) is 0. The van der Waals surface area contributed by atoms with E-state index in [1.807, 2.05) is 0 Å². The van der Waals surface area contributed by atoms with Crippen molar-refractivity contribution in [2.45, 2.75) is 154 Å². The van der Waals surface area contributed by atoms with Crippen LogP contribution in [-0.2, 0) is 18.9 Å². The van der Waals surface area contributed by atoms with Gasteiger partial charge in [0.1, 0.15) is 24.4 Å². The van der Waals surface area contributed by atoms with Gasteiger partial charge in [-0.25, -0.2) is 0 Å². The Bertz CT molecular complexity index is 435. The lowest BCUT2D eigenvalue weighted by atomic mass is 9.98. The Morgan fingerprint density at radius 3 is 1.44 bits per heavy atom. The molecule has 0 amide bonds. The summed E-state index contributed by atoms with van der Waals surface area (Å²) in [5, 5.41) is 20.7. The van der Waals surface area contributed by atoms with Gasteiger partial charge in [-0.2, -0.15) is 0 Å². The standard InChI is InChI=1S/C28H56O6/c1-4-7-10-13-16-19-22-33-28-27(32-21-18-15-12-9-6-3)26(25(30)24(23-29)34-28)31-20-17-14-11-8-5-2/h24-30H,4-23H2,1-3H3/t24-,25+,26+,27-,28-/m1/s1. The first-order chi connectivity index (χ1) is 16.7. The van der Waals surface area contributed by atoms with E-state index in [0.29, 0.717) is 19.8 Å². The van der Waals surface area contributed by atoms with Crippen molar-refractivity contribution in [2.24, 2.45) is 0 Å². The van der Waals surface area contributed by atoms with E-state index >= 15 is 0 Å². The molecule has 34 heavy (non-hydrogen) atoms. The van der Waals surface area contributed by atoms with Crippen LogP contribution in [-0.4, -0.2) is 67.3 Å². The molecule has 0 bridgehead atoms. The SMILES string of the molecule is CCCCCCCCO[C@@H]1O[C@H](CO)[C@H](O)[C@H](OCCCCCCC)[C@H]1OCCCCCCC. The molecular weight excluding hydrogens is 432 g/mol. The zero-order chi connectivity index (χ0) is 24.9. The Morgan fingerprint density at radius 2 is 0.971 bits per heavy atom. The molecule has 0 radical (unpaired) electrons. The van der Waals surface area contributed by atoms with Gasteiger partial charge in [-0.15, -0.1) is 0 Å². The van der Waals surface area contributed by atoms with Crippen molar-refractivity contribution in [3.63, 3.8) is 0 Å². The highest BCUT2D eigenvalue weighted by atomic mass is 16.7. The summed E-state index contributed by atoms with van der Waals surface area (Å²) in [5.74, 6) is 0. The molecule has 0 spiro atoms. The largest absolute Gasteiger partial charge is 0.394 e. The third-order valence-corrected chi connectivity index (χ3v) is 6.69. The molecule has 1 heterocycles. The fourth-order valence-electron chi connectivity index (χ4n) is 4.47. The first kappa shape index (κ1) is 31.8. The van der Waals surface area contributed by atoms with Crippen LogP contribution in [0.25, 0.3) is 0 Å². The molecule has 2 N–H and O–H groups in total. The lowest BCUT2D eigenvalue weighted by Crippen LogP contribution is -2.61. The van der Waals surface area contributed by atoms with E-state index in [2.05, 4.69) is 20.8 Å². The second-order valence-electron chi connectivity index (χ2n) is 9.85. The van der Waals surface area contributed by atoms with Crippen LogP contribution in [0.15, 0.2) is 0 Å². The molecule has 0 unspecified atom stereocenters. The lowest BCUT2D eigenvalue weighted by molar-refractivity contribution is -0.316. The third-order valence-electron chi connectivity index (χ3n) is 6.69. The van der Waals surface area contributed by atoms with Crippen LogP contribution >= 0.6 is 0 Å². The summed E-state index contributed by atoms with van der Waals surface area (Å²) in [6.45, 7) is 8.14. The fourth-order valence-corrected chi connectivity index (χ4v) is 4.47. The topological polar surface area (TPSA) is 77.4 Å². The molecule has 1 rings (SSSR count). The molecule has 0 aromatic heterocycles. The molecule has 1 fully saturated rings. The number of aliphatic hydroxyl groups excluding tert-OH is 2. The van der Waals surface area contributed by atoms with Gasteiger partial charge in [0.25, 0.3) is 0 Å². The van der Waals surface area contributed by atoms with E-state index in [9.17, 15) is 10.2 Å². The zero-order valence-corrected chi connectivity index (χ0v) is 22.6. The second-order valence-corrected chi connectivity index (χ2v) is 9.85. The molecular formula is C28H56O6. The van der Waals surface area contributed by atoms with Gasteiger partial charge >= 0.3 is 0 Å². The number of aliphatic hydroxyl groups is 2. The average Bonchev–Trinajstić information content (AvgIpc) is 2.84. The Hall–Kier alpha value is -0.240. The molecule has 0 aliphatic carbocycles. The summed E-state index contributed by atoms with van der Waals surface area (Å²) < 4.78 is 24.5. The highest BCUT2D eigenvalue weighted by Crippen LogP contribution is 2.28. The van der Waals surface area contributed by atoms with Gasteiger partial charge in [0, 0.05) is 19.8 Å². The van der Waals surface area contributed by atoms with Gasteiger partial charge in [-0.1, -0.05) is 104 Å². The van der Waals surface area contributed by atoms with Gasteiger partial charge in [0.2, 0.25) is 0 Å². The highest BCUT2D eigenvalue weighted by Gasteiger charge is 2.47. The molecule has 6 nitrogen and oxygen atoms in total. The van der Waals surface area contributed by atoms with E-state index < -0.39 is 30.7 Å². The van der Waals surface area contributed by atoms with E-state index in [1.165, 1.54) is 64.2 Å². The van der Waals surface area contributed by atoms with Crippen molar-refractivity contribution in [2.75, 3.05) is 26.4 Å². The Balaban J connectivity index is 2.64. The van der Waals surface area contributed by atoms with Crippen molar-refractivity contribution < 1.29 is 29.2 Å². The van der Waals surface area contributed by atoms with Crippen LogP contribution in [0.1, 0.15) is 124 Å². The van der Waals surface area contributed by atoms with E-state index in [-0.39, 0.29) is 6.61 Å². The minimum atomic E-state index is -0.931. The third kappa shape index (κ3) is 13.7. The molecule has 1 aliphatic rings. The van der Waals surface area contributed by atoms with Crippen LogP contribution < -0.4 is 0 Å². The quantitative estimate of drug-likeness (QED) is 0.168. The number of rotatable bonds is 23. The maximum atomic E-state index is 10.9. The fraction of sp³-hybridized carbons (Fsp3) is 1.00. The molecule has 204 valence electrons. The Labute approximate surface area is 210 Å². The van der Waals surface area contributed by atoms with Crippen molar-refractivity contribution in [3.05, 3.63) is 0 Å². The van der Waals surface area contributed by atoms with Gasteiger partial charge in [0.05, 0.1) is 6.61 Å². The first-order valence-corrected chi connectivity index (χ1v) is 14.5. The average molecular weight is 489 g/mol. The van der Waals surface area contributed by atoms with Crippen molar-refractivity contribution in [1.29, 1.82) is 0 Å². The second kappa shape index (κ2) is 22.0. The molecule has 0 saturated carbocycles. The normalized spacial score (nSPS) is 25.1. The van der Waals surface area contributed by atoms with Crippen LogP contribution in [0.5, 0.6) is 0 Å². The van der Waals surface area contributed by atoms with Gasteiger partial charge < -0.3 is 29.2 Å². The first-order valence-electron chi connectivity index (χ1n) is 14.5.